The largest absolute Gasteiger partial charge is 0.489 e. The zero-order chi connectivity index (χ0) is 18.5. The van der Waals surface area contributed by atoms with Crippen LogP contribution in [0.3, 0.4) is 0 Å². The Hall–Kier alpha value is -1.44. The zero-order valence-electron chi connectivity index (χ0n) is 10.7. The van der Waals surface area contributed by atoms with Gasteiger partial charge in [0.05, 0.1) is 0 Å². The van der Waals surface area contributed by atoms with Crippen molar-refractivity contribution in [1.29, 1.82) is 0 Å². The van der Waals surface area contributed by atoms with Crippen LogP contribution in [-0.4, -0.2) is 13.2 Å². The molecule has 0 spiro atoms. The fourth-order valence-electron chi connectivity index (χ4n) is 1.83. The highest BCUT2D eigenvalue weighted by molar-refractivity contribution is 7.21. The van der Waals surface area contributed by atoms with Gasteiger partial charge in [0.25, 0.3) is 0 Å². The second kappa shape index (κ2) is 6.46. The minimum absolute atomic E-state index is 1.82. The van der Waals surface area contributed by atoms with E-state index in [0.717, 1.165) is 0 Å². The average Bonchev–Trinajstić information content (AvgIpc) is 2.55. The Bertz CT molecular complexity index is 725. The van der Waals surface area contributed by atoms with Gasteiger partial charge in [-0.15, -0.1) is 0 Å². The van der Waals surface area contributed by atoms with Gasteiger partial charge in [-0.25, -0.2) is 54.0 Å². The molecule has 0 aromatic heterocycles. The van der Waals surface area contributed by atoms with E-state index in [1.807, 2.05) is 0 Å². The van der Waals surface area contributed by atoms with Crippen LogP contribution in [-0.2, 0) is 0 Å². The molecule has 24 heavy (non-hydrogen) atoms. The third-order valence-corrected chi connectivity index (χ3v) is 6.33. The number of hydrogen-bond donors (Lipinski definition) is 0. The van der Waals surface area contributed by atoms with E-state index in [2.05, 4.69) is 0 Å². The van der Waals surface area contributed by atoms with Crippen molar-refractivity contribution in [3.8, 4) is 0 Å². The van der Waals surface area contributed by atoms with Crippen LogP contribution in [0.1, 0.15) is 0 Å². The van der Waals surface area contributed by atoms with Crippen LogP contribution < -0.4 is 8.85 Å². The molecule has 0 aliphatic rings. The highest BCUT2D eigenvalue weighted by Gasteiger charge is 2.40. The highest BCUT2D eigenvalue weighted by Crippen LogP contribution is 2.21. The third-order valence-electron chi connectivity index (χ3n) is 2.99. The van der Waals surface area contributed by atoms with Crippen molar-refractivity contribution in [2.45, 2.75) is 0 Å². The SMILES string of the molecule is Fc1c(F)c(F)[c]([Al]([Cl])[c]2c(F)c(F)c(F)c(F)c2F)c(F)c1F. The van der Waals surface area contributed by atoms with E-state index >= 15 is 0 Å². The summed E-state index contributed by atoms with van der Waals surface area (Å²) >= 11 is -4.55. The number of rotatable bonds is 2. The Kier molecular flexibility index (Phi) is 5.09. The van der Waals surface area contributed by atoms with Crippen molar-refractivity contribution in [3.63, 3.8) is 0 Å². The maximum absolute atomic E-state index is 13.6. The molecular weight excluding hydrogens is 397 g/mol. The molecule has 0 radical (unpaired) electrons. The van der Waals surface area contributed by atoms with E-state index in [-0.39, 0.29) is 0 Å². The maximum Gasteiger partial charge on any atom is 0.489 e. The Morgan fingerprint density at radius 2 is 0.542 bits per heavy atom. The van der Waals surface area contributed by atoms with Gasteiger partial charge in [0.15, 0.2) is 58.2 Å². The first-order chi connectivity index (χ1) is 11.0. The van der Waals surface area contributed by atoms with Gasteiger partial charge in [-0.2, -0.15) is 0 Å². The summed E-state index contributed by atoms with van der Waals surface area (Å²) in [4.78, 5) is 0. The lowest BCUT2D eigenvalue weighted by Gasteiger charge is -2.13. The molecule has 2 aromatic rings. The molecule has 128 valence electrons. The second-order valence-corrected chi connectivity index (χ2v) is 7.52. The molecule has 0 nitrogen and oxygen atoms in total. The van der Waals surface area contributed by atoms with Gasteiger partial charge in [-0.1, -0.05) is 0 Å². The first-order valence-corrected chi connectivity index (χ1v) is 8.59. The van der Waals surface area contributed by atoms with Crippen molar-refractivity contribution >= 4 is 32.1 Å². The van der Waals surface area contributed by atoms with E-state index in [4.69, 9.17) is 10.0 Å². The van der Waals surface area contributed by atoms with Crippen molar-refractivity contribution in [1.82, 2.24) is 0 Å². The first-order valence-electron chi connectivity index (χ1n) is 5.69. The molecule has 0 saturated heterocycles. The van der Waals surface area contributed by atoms with Gasteiger partial charge in [-0.3, -0.25) is 0 Å². The Morgan fingerprint density at radius 1 is 0.375 bits per heavy atom. The molecule has 0 saturated carbocycles. The molecule has 0 aliphatic carbocycles. The van der Waals surface area contributed by atoms with Crippen LogP contribution in [0.15, 0.2) is 0 Å². The standard InChI is InChI=1S/2C6F5.Al.ClH/c2*7-2-1-3(8)5(10)6(11)4(2)9;;/h;;;1H/q;;+1;/p-1. The molecule has 0 amide bonds. The quantitative estimate of drug-likeness (QED) is 0.316. The molecule has 2 rings (SSSR count). The van der Waals surface area contributed by atoms with Crippen LogP contribution in [0, 0.1) is 58.2 Å². The predicted octanol–water partition coefficient (Wildman–Crippen LogP) is 3.42. The van der Waals surface area contributed by atoms with Gasteiger partial charge in [0.1, 0.15) is 0 Å². The summed E-state index contributed by atoms with van der Waals surface area (Å²) < 4.78 is 129. The fourth-order valence-corrected chi connectivity index (χ4v) is 4.67. The fraction of sp³-hybridized carbons (Fsp3) is 0. The first kappa shape index (κ1) is 18.9. The second-order valence-electron chi connectivity index (χ2n) is 4.33. The van der Waals surface area contributed by atoms with Crippen LogP contribution in [0.5, 0.6) is 0 Å². The van der Waals surface area contributed by atoms with Crippen LogP contribution >= 0.6 is 10.0 Å². The third kappa shape index (κ3) is 2.64. The maximum atomic E-state index is 13.6. The predicted molar refractivity (Wildman–Crippen MR) is 63.3 cm³/mol. The molecule has 0 aliphatic heterocycles. The Morgan fingerprint density at radius 3 is 0.750 bits per heavy atom. The van der Waals surface area contributed by atoms with Gasteiger partial charge in [0.2, 0.25) is 0 Å². The average molecular weight is 397 g/mol. The summed E-state index contributed by atoms with van der Waals surface area (Å²) in [6.07, 6.45) is 0. The normalized spacial score (nSPS) is 11.1. The van der Waals surface area contributed by atoms with Crippen molar-refractivity contribution in [2.75, 3.05) is 0 Å². The molecule has 0 N–H and O–H groups in total. The molecule has 0 atom stereocenters. The number of halogens is 11. The Labute approximate surface area is 134 Å². The molecular formula is C12AlClF10. The lowest BCUT2D eigenvalue weighted by Crippen LogP contribution is -2.47. The van der Waals surface area contributed by atoms with Crippen LogP contribution in [0.4, 0.5) is 43.9 Å². The summed E-state index contributed by atoms with van der Waals surface area (Å²) in [7, 11) is 5.41. The van der Waals surface area contributed by atoms with Crippen molar-refractivity contribution in [2.24, 2.45) is 0 Å². The summed E-state index contributed by atoms with van der Waals surface area (Å²) in [6.45, 7) is 0. The van der Waals surface area contributed by atoms with E-state index < -0.39 is 80.3 Å². The monoisotopic (exact) mass is 396 g/mol. The Balaban J connectivity index is 2.84. The van der Waals surface area contributed by atoms with Gasteiger partial charge in [0, 0.05) is 0 Å². The minimum Gasteiger partial charge on any atom is -0.245 e. The van der Waals surface area contributed by atoms with Gasteiger partial charge >= 0.3 is 13.2 Å². The number of hydrogen-bond acceptors (Lipinski definition) is 0. The van der Waals surface area contributed by atoms with Crippen LogP contribution in [0.25, 0.3) is 0 Å². The summed E-state index contributed by atoms with van der Waals surface area (Å²) in [5.74, 6) is -25.0. The topological polar surface area (TPSA) is 0 Å². The van der Waals surface area contributed by atoms with E-state index in [1.54, 1.807) is 0 Å². The van der Waals surface area contributed by atoms with E-state index in [0.29, 0.717) is 0 Å². The summed E-state index contributed by atoms with van der Waals surface area (Å²) in [5.41, 5.74) is 0. The summed E-state index contributed by atoms with van der Waals surface area (Å²) in [6, 6.07) is 0. The summed E-state index contributed by atoms with van der Waals surface area (Å²) in [5, 5.41) is 0. The van der Waals surface area contributed by atoms with E-state index in [9.17, 15) is 43.9 Å². The lowest BCUT2D eigenvalue weighted by molar-refractivity contribution is 0.382. The van der Waals surface area contributed by atoms with Crippen molar-refractivity contribution in [3.05, 3.63) is 58.2 Å². The molecule has 0 fully saturated rings. The smallest absolute Gasteiger partial charge is 0.245 e. The van der Waals surface area contributed by atoms with E-state index in [1.165, 1.54) is 0 Å². The van der Waals surface area contributed by atoms with Crippen molar-refractivity contribution < 1.29 is 43.9 Å². The van der Waals surface area contributed by atoms with Gasteiger partial charge < -0.3 is 0 Å². The van der Waals surface area contributed by atoms with Gasteiger partial charge in [-0.05, 0) is 8.85 Å². The molecule has 0 unspecified atom stereocenters. The molecule has 2 aromatic carbocycles. The zero-order valence-corrected chi connectivity index (χ0v) is 12.6. The molecule has 0 heterocycles. The lowest BCUT2D eigenvalue weighted by atomic mass is 10.3. The highest BCUT2D eigenvalue weighted by atomic mass is 35.6. The molecule has 12 heteroatoms. The van der Waals surface area contributed by atoms with Crippen LogP contribution in [0.2, 0.25) is 0 Å². The molecule has 0 bridgehead atoms. The number of benzene rings is 2. The minimum atomic E-state index is -4.55.